The summed E-state index contributed by atoms with van der Waals surface area (Å²) < 4.78 is 5.25. The molecule has 7 nitrogen and oxygen atoms in total. The fourth-order valence-electron chi connectivity index (χ4n) is 1.55. The number of urea groups is 1. The molecule has 1 aliphatic heterocycles. The quantitative estimate of drug-likeness (QED) is 0.608. The van der Waals surface area contributed by atoms with Crippen LogP contribution >= 0.6 is 0 Å². The van der Waals surface area contributed by atoms with Gasteiger partial charge in [0.05, 0.1) is 6.61 Å². The highest BCUT2D eigenvalue weighted by Gasteiger charge is 2.15. The van der Waals surface area contributed by atoms with Crippen LogP contribution in [0.5, 0.6) is 0 Å². The van der Waals surface area contributed by atoms with E-state index in [1.807, 2.05) is 5.32 Å². The molecule has 0 radical (unpaired) electrons. The van der Waals surface area contributed by atoms with Gasteiger partial charge in [-0.3, -0.25) is 10.1 Å². The second-order valence-corrected chi connectivity index (χ2v) is 3.95. The summed E-state index contributed by atoms with van der Waals surface area (Å²) in [6.07, 6.45) is 3.39. The zero-order valence-corrected chi connectivity index (χ0v) is 9.85. The molecule has 1 rings (SSSR count). The van der Waals surface area contributed by atoms with Gasteiger partial charge < -0.3 is 15.2 Å². The highest BCUT2D eigenvalue weighted by atomic mass is 16.5. The Bertz CT molecular complexity index is 347. The Morgan fingerprint density at radius 3 is 2.72 bits per heavy atom. The van der Waals surface area contributed by atoms with E-state index in [9.17, 15) is 14.4 Å². The third-order valence-electron chi connectivity index (χ3n) is 2.42. The number of carbonyl (C=O) groups is 3. The summed E-state index contributed by atoms with van der Waals surface area (Å²) in [6.45, 7) is 1.79. The number of amides is 3. The summed E-state index contributed by atoms with van der Waals surface area (Å²) in [7, 11) is 0. The van der Waals surface area contributed by atoms with Crippen molar-refractivity contribution in [2.45, 2.75) is 12.8 Å². The van der Waals surface area contributed by atoms with Crippen molar-refractivity contribution in [1.82, 2.24) is 10.6 Å². The second kappa shape index (κ2) is 7.44. The van der Waals surface area contributed by atoms with Crippen LogP contribution in [0.1, 0.15) is 12.8 Å². The summed E-state index contributed by atoms with van der Waals surface area (Å²) in [5, 5.41) is 12.8. The monoisotopic (exact) mass is 256 g/mol. The maximum absolute atomic E-state index is 11.3. The van der Waals surface area contributed by atoms with Crippen LogP contribution in [0.4, 0.5) is 4.79 Å². The molecule has 0 spiro atoms. The SMILES string of the molecule is O=C(O)C=CC(=O)NC(=O)NCC1CCCOC1. The molecule has 1 aliphatic rings. The van der Waals surface area contributed by atoms with Crippen molar-refractivity contribution in [3.63, 3.8) is 0 Å². The maximum atomic E-state index is 11.3. The first-order valence-corrected chi connectivity index (χ1v) is 5.65. The summed E-state index contributed by atoms with van der Waals surface area (Å²) in [4.78, 5) is 32.5. The molecule has 18 heavy (non-hydrogen) atoms. The lowest BCUT2D eigenvalue weighted by Crippen LogP contribution is -2.42. The lowest BCUT2D eigenvalue weighted by molar-refractivity contribution is -0.131. The maximum Gasteiger partial charge on any atom is 0.328 e. The van der Waals surface area contributed by atoms with Crippen LogP contribution in [0.3, 0.4) is 0 Å². The van der Waals surface area contributed by atoms with Gasteiger partial charge >= 0.3 is 12.0 Å². The largest absolute Gasteiger partial charge is 0.478 e. The first-order valence-electron chi connectivity index (χ1n) is 5.65. The van der Waals surface area contributed by atoms with Crippen LogP contribution in [-0.4, -0.2) is 42.8 Å². The van der Waals surface area contributed by atoms with Gasteiger partial charge in [-0.25, -0.2) is 9.59 Å². The molecular weight excluding hydrogens is 240 g/mol. The van der Waals surface area contributed by atoms with E-state index in [2.05, 4.69) is 5.32 Å². The van der Waals surface area contributed by atoms with E-state index in [4.69, 9.17) is 9.84 Å². The van der Waals surface area contributed by atoms with Crippen LogP contribution in [0.25, 0.3) is 0 Å². The van der Waals surface area contributed by atoms with Crippen LogP contribution in [0.15, 0.2) is 12.2 Å². The first kappa shape index (κ1) is 14.2. The lowest BCUT2D eigenvalue weighted by Gasteiger charge is -2.22. The Morgan fingerprint density at radius 2 is 2.11 bits per heavy atom. The van der Waals surface area contributed by atoms with E-state index in [0.29, 0.717) is 19.2 Å². The summed E-state index contributed by atoms with van der Waals surface area (Å²) in [5.74, 6) is -1.76. The molecule has 1 unspecified atom stereocenters. The number of imide groups is 1. The predicted molar refractivity (Wildman–Crippen MR) is 61.9 cm³/mol. The molecule has 0 bridgehead atoms. The minimum absolute atomic E-state index is 0.258. The number of hydrogen-bond donors (Lipinski definition) is 3. The van der Waals surface area contributed by atoms with Crippen molar-refractivity contribution in [3.05, 3.63) is 12.2 Å². The summed E-state index contributed by atoms with van der Waals surface area (Å²) >= 11 is 0. The van der Waals surface area contributed by atoms with Crippen molar-refractivity contribution >= 4 is 17.9 Å². The minimum Gasteiger partial charge on any atom is -0.478 e. The number of nitrogens with one attached hydrogen (secondary N) is 2. The second-order valence-electron chi connectivity index (χ2n) is 3.95. The van der Waals surface area contributed by atoms with Crippen LogP contribution in [0.2, 0.25) is 0 Å². The molecule has 3 amide bonds. The lowest BCUT2D eigenvalue weighted by atomic mass is 10.0. The molecule has 0 saturated carbocycles. The molecule has 0 aromatic rings. The Balaban J connectivity index is 2.20. The summed E-state index contributed by atoms with van der Waals surface area (Å²) in [6, 6.07) is -0.638. The van der Waals surface area contributed by atoms with Gasteiger partial charge in [-0.15, -0.1) is 0 Å². The number of aliphatic carboxylic acids is 1. The van der Waals surface area contributed by atoms with Crippen molar-refractivity contribution in [2.75, 3.05) is 19.8 Å². The standard InChI is InChI=1S/C11H16N2O5/c14-9(3-4-10(15)16)13-11(17)12-6-8-2-1-5-18-7-8/h3-4,8H,1-2,5-7H2,(H,15,16)(H2,12,13,14,17). The smallest absolute Gasteiger partial charge is 0.328 e. The summed E-state index contributed by atoms with van der Waals surface area (Å²) in [5.41, 5.74) is 0. The van der Waals surface area contributed by atoms with Crippen LogP contribution in [0, 0.1) is 5.92 Å². The van der Waals surface area contributed by atoms with Gasteiger partial charge in [0.1, 0.15) is 0 Å². The highest BCUT2D eigenvalue weighted by Crippen LogP contribution is 2.11. The minimum atomic E-state index is -1.25. The van der Waals surface area contributed by atoms with Gasteiger partial charge in [-0.1, -0.05) is 0 Å². The Kier molecular flexibility index (Phi) is 5.86. The van der Waals surface area contributed by atoms with Gasteiger partial charge in [0.25, 0.3) is 5.91 Å². The topological polar surface area (TPSA) is 105 Å². The Labute approximate surface area is 104 Å². The fourth-order valence-corrected chi connectivity index (χ4v) is 1.55. The van der Waals surface area contributed by atoms with Crippen molar-refractivity contribution in [2.24, 2.45) is 5.92 Å². The zero-order chi connectivity index (χ0) is 13.4. The molecule has 0 aromatic heterocycles. The number of rotatable bonds is 4. The molecule has 100 valence electrons. The van der Waals surface area contributed by atoms with Gasteiger partial charge in [-0.05, 0) is 18.8 Å². The molecule has 1 heterocycles. The molecule has 1 saturated heterocycles. The third-order valence-corrected chi connectivity index (χ3v) is 2.42. The predicted octanol–water partition coefficient (Wildman–Crippen LogP) is -0.120. The molecular formula is C11H16N2O5. The molecule has 0 aromatic carbocycles. The van der Waals surface area contributed by atoms with Crippen molar-refractivity contribution in [3.8, 4) is 0 Å². The van der Waals surface area contributed by atoms with E-state index in [-0.39, 0.29) is 5.92 Å². The van der Waals surface area contributed by atoms with E-state index in [1.165, 1.54) is 0 Å². The van der Waals surface area contributed by atoms with Gasteiger partial charge in [-0.2, -0.15) is 0 Å². The average Bonchev–Trinajstić information content (AvgIpc) is 2.35. The molecule has 7 heteroatoms. The van der Waals surface area contributed by atoms with Crippen molar-refractivity contribution < 1.29 is 24.2 Å². The number of carboxylic acid groups (broad SMARTS) is 1. The van der Waals surface area contributed by atoms with Crippen molar-refractivity contribution in [1.29, 1.82) is 0 Å². The molecule has 1 atom stereocenters. The van der Waals surface area contributed by atoms with E-state index in [1.54, 1.807) is 0 Å². The number of ether oxygens (including phenoxy) is 1. The zero-order valence-electron chi connectivity index (χ0n) is 9.85. The molecule has 1 fully saturated rings. The first-order chi connectivity index (χ1) is 8.58. The number of carboxylic acids is 1. The number of carbonyl (C=O) groups excluding carboxylic acids is 2. The van der Waals surface area contributed by atoms with Crippen LogP contribution < -0.4 is 10.6 Å². The fraction of sp³-hybridized carbons (Fsp3) is 0.545. The van der Waals surface area contributed by atoms with Gasteiger partial charge in [0.15, 0.2) is 0 Å². The van der Waals surface area contributed by atoms with Gasteiger partial charge in [0.2, 0.25) is 0 Å². The normalized spacial score (nSPS) is 19.4. The molecule has 0 aliphatic carbocycles. The Morgan fingerprint density at radius 1 is 1.33 bits per heavy atom. The van der Waals surface area contributed by atoms with E-state index < -0.39 is 17.9 Å². The Hall–Kier alpha value is -1.89. The van der Waals surface area contributed by atoms with Crippen LogP contribution in [-0.2, 0) is 14.3 Å². The highest BCUT2D eigenvalue weighted by molar-refractivity contribution is 6.02. The third kappa shape index (κ3) is 6.00. The van der Waals surface area contributed by atoms with E-state index in [0.717, 1.165) is 25.5 Å². The van der Waals surface area contributed by atoms with E-state index >= 15 is 0 Å². The molecule has 3 N–H and O–H groups in total. The number of hydrogen-bond acceptors (Lipinski definition) is 4. The van der Waals surface area contributed by atoms with Gasteiger partial charge in [0, 0.05) is 25.3 Å². The average molecular weight is 256 g/mol.